The standard InChI is InChI=1S/C15H28N4/c1-4-10-19-15(14(16)12(3)17-19)18-11-8-6-7-9-13(18)5-2/h13H,4-11,16H2,1-3H3. The van der Waals surface area contributed by atoms with Gasteiger partial charge in [-0.3, -0.25) is 0 Å². The summed E-state index contributed by atoms with van der Waals surface area (Å²) in [5, 5.41) is 4.62. The lowest BCUT2D eigenvalue weighted by Crippen LogP contribution is -2.36. The van der Waals surface area contributed by atoms with Gasteiger partial charge < -0.3 is 10.6 Å². The van der Waals surface area contributed by atoms with E-state index in [0.29, 0.717) is 6.04 Å². The van der Waals surface area contributed by atoms with Gasteiger partial charge in [0.05, 0.1) is 11.4 Å². The molecule has 1 aliphatic rings. The van der Waals surface area contributed by atoms with Crippen LogP contribution in [0.15, 0.2) is 0 Å². The van der Waals surface area contributed by atoms with Crippen LogP contribution in [0.4, 0.5) is 11.5 Å². The van der Waals surface area contributed by atoms with Gasteiger partial charge in [0.15, 0.2) is 5.82 Å². The van der Waals surface area contributed by atoms with E-state index in [-0.39, 0.29) is 0 Å². The van der Waals surface area contributed by atoms with E-state index in [0.717, 1.165) is 30.9 Å². The average molecular weight is 264 g/mol. The van der Waals surface area contributed by atoms with E-state index in [1.165, 1.54) is 37.9 Å². The number of nitrogens with zero attached hydrogens (tertiary/aromatic N) is 3. The van der Waals surface area contributed by atoms with Crippen LogP contribution in [0.25, 0.3) is 0 Å². The number of rotatable bonds is 4. The molecule has 2 heterocycles. The highest BCUT2D eigenvalue weighted by Gasteiger charge is 2.25. The highest BCUT2D eigenvalue weighted by molar-refractivity contribution is 5.66. The molecule has 0 bridgehead atoms. The molecule has 0 radical (unpaired) electrons. The van der Waals surface area contributed by atoms with Crippen LogP contribution < -0.4 is 10.6 Å². The number of anilines is 2. The van der Waals surface area contributed by atoms with Crippen LogP contribution in [0.5, 0.6) is 0 Å². The molecule has 1 aromatic heterocycles. The fourth-order valence-electron chi connectivity index (χ4n) is 3.13. The number of aryl methyl sites for hydroxylation is 2. The fourth-order valence-corrected chi connectivity index (χ4v) is 3.13. The molecule has 1 aliphatic heterocycles. The van der Waals surface area contributed by atoms with Gasteiger partial charge in [-0.2, -0.15) is 5.10 Å². The van der Waals surface area contributed by atoms with Crippen molar-refractivity contribution in [2.45, 2.75) is 71.9 Å². The van der Waals surface area contributed by atoms with Gasteiger partial charge in [-0.05, 0) is 32.6 Å². The number of nitrogen functional groups attached to an aromatic ring is 1. The van der Waals surface area contributed by atoms with Crippen molar-refractivity contribution in [3.8, 4) is 0 Å². The molecule has 4 heteroatoms. The van der Waals surface area contributed by atoms with Crippen molar-refractivity contribution in [2.75, 3.05) is 17.2 Å². The fraction of sp³-hybridized carbons (Fsp3) is 0.800. The first-order valence-corrected chi connectivity index (χ1v) is 7.78. The normalized spacial score (nSPS) is 20.6. The maximum atomic E-state index is 6.31. The summed E-state index contributed by atoms with van der Waals surface area (Å²) in [6, 6.07) is 0.622. The van der Waals surface area contributed by atoms with Crippen LogP contribution in [0, 0.1) is 6.92 Å². The van der Waals surface area contributed by atoms with Crippen LogP contribution in [0.3, 0.4) is 0 Å². The SMILES string of the molecule is CCCn1nc(C)c(N)c1N1CCCCCC1CC. The van der Waals surface area contributed by atoms with E-state index in [4.69, 9.17) is 5.73 Å². The molecule has 1 aromatic rings. The van der Waals surface area contributed by atoms with Crippen molar-refractivity contribution in [1.82, 2.24) is 9.78 Å². The molecule has 1 atom stereocenters. The van der Waals surface area contributed by atoms with Crippen LogP contribution in [-0.2, 0) is 6.54 Å². The molecule has 0 aromatic carbocycles. The Morgan fingerprint density at radius 2 is 2.05 bits per heavy atom. The van der Waals surface area contributed by atoms with Crippen LogP contribution in [0.2, 0.25) is 0 Å². The Hall–Kier alpha value is -1.19. The largest absolute Gasteiger partial charge is 0.394 e. The van der Waals surface area contributed by atoms with Crippen molar-refractivity contribution in [3.63, 3.8) is 0 Å². The summed E-state index contributed by atoms with van der Waals surface area (Å²) in [5.41, 5.74) is 8.17. The van der Waals surface area contributed by atoms with Gasteiger partial charge in [-0.15, -0.1) is 0 Å². The first kappa shape index (κ1) is 14.2. The molecular formula is C15H28N4. The number of aromatic nitrogens is 2. The maximum absolute atomic E-state index is 6.31. The second-order valence-electron chi connectivity index (χ2n) is 5.65. The van der Waals surface area contributed by atoms with E-state index in [1.807, 2.05) is 6.92 Å². The summed E-state index contributed by atoms with van der Waals surface area (Å²) in [7, 11) is 0. The van der Waals surface area contributed by atoms with Crippen molar-refractivity contribution >= 4 is 11.5 Å². The molecule has 1 fully saturated rings. The van der Waals surface area contributed by atoms with Gasteiger partial charge in [-0.1, -0.05) is 26.7 Å². The topological polar surface area (TPSA) is 47.1 Å². The zero-order chi connectivity index (χ0) is 13.8. The Labute approximate surface area is 117 Å². The summed E-state index contributed by atoms with van der Waals surface area (Å²) in [5.74, 6) is 1.17. The predicted molar refractivity (Wildman–Crippen MR) is 81.6 cm³/mol. The van der Waals surface area contributed by atoms with Crippen molar-refractivity contribution in [3.05, 3.63) is 5.69 Å². The van der Waals surface area contributed by atoms with Crippen LogP contribution in [0.1, 0.15) is 58.1 Å². The van der Waals surface area contributed by atoms with Gasteiger partial charge in [0.2, 0.25) is 0 Å². The molecule has 2 rings (SSSR count). The van der Waals surface area contributed by atoms with Gasteiger partial charge in [0.25, 0.3) is 0 Å². The average Bonchev–Trinajstić information content (AvgIpc) is 2.59. The zero-order valence-electron chi connectivity index (χ0n) is 12.7. The van der Waals surface area contributed by atoms with E-state index in [2.05, 4.69) is 28.5 Å². The Bertz CT molecular complexity index is 411. The smallest absolute Gasteiger partial charge is 0.150 e. The monoisotopic (exact) mass is 264 g/mol. The Morgan fingerprint density at radius 3 is 2.74 bits per heavy atom. The third-order valence-electron chi connectivity index (χ3n) is 4.20. The van der Waals surface area contributed by atoms with Gasteiger partial charge in [-0.25, -0.2) is 4.68 Å². The maximum Gasteiger partial charge on any atom is 0.150 e. The molecule has 108 valence electrons. The van der Waals surface area contributed by atoms with E-state index in [1.54, 1.807) is 0 Å². The minimum absolute atomic E-state index is 0.622. The number of hydrogen-bond donors (Lipinski definition) is 1. The minimum Gasteiger partial charge on any atom is -0.394 e. The molecule has 2 N–H and O–H groups in total. The summed E-state index contributed by atoms with van der Waals surface area (Å²) < 4.78 is 2.12. The zero-order valence-corrected chi connectivity index (χ0v) is 12.7. The van der Waals surface area contributed by atoms with Crippen LogP contribution in [-0.4, -0.2) is 22.4 Å². The summed E-state index contributed by atoms with van der Waals surface area (Å²) >= 11 is 0. The lowest BCUT2D eigenvalue weighted by atomic mass is 10.1. The lowest BCUT2D eigenvalue weighted by molar-refractivity contribution is 0.523. The Balaban J connectivity index is 2.36. The summed E-state index contributed by atoms with van der Waals surface area (Å²) in [6.45, 7) is 8.57. The van der Waals surface area contributed by atoms with Crippen molar-refractivity contribution < 1.29 is 0 Å². The Morgan fingerprint density at radius 1 is 1.26 bits per heavy atom. The molecular weight excluding hydrogens is 236 g/mol. The second-order valence-corrected chi connectivity index (χ2v) is 5.65. The van der Waals surface area contributed by atoms with E-state index >= 15 is 0 Å². The molecule has 0 saturated carbocycles. The Kier molecular flexibility index (Phi) is 4.72. The molecule has 1 saturated heterocycles. The second kappa shape index (κ2) is 6.31. The molecule has 1 unspecified atom stereocenters. The highest BCUT2D eigenvalue weighted by Crippen LogP contribution is 2.32. The first-order chi connectivity index (χ1) is 9.19. The van der Waals surface area contributed by atoms with Gasteiger partial charge in [0, 0.05) is 19.1 Å². The first-order valence-electron chi connectivity index (χ1n) is 7.78. The quantitative estimate of drug-likeness (QED) is 0.907. The van der Waals surface area contributed by atoms with Gasteiger partial charge in [0.1, 0.15) is 0 Å². The summed E-state index contributed by atoms with van der Waals surface area (Å²) in [4.78, 5) is 2.53. The summed E-state index contributed by atoms with van der Waals surface area (Å²) in [6.07, 6.45) is 7.52. The lowest BCUT2D eigenvalue weighted by Gasteiger charge is -2.32. The predicted octanol–water partition coefficient (Wildman–Crippen LogP) is 3.34. The van der Waals surface area contributed by atoms with E-state index in [9.17, 15) is 0 Å². The third-order valence-corrected chi connectivity index (χ3v) is 4.20. The molecule has 0 aliphatic carbocycles. The molecule has 0 spiro atoms. The number of nitrogens with two attached hydrogens (primary N) is 1. The van der Waals surface area contributed by atoms with Crippen molar-refractivity contribution in [1.29, 1.82) is 0 Å². The molecule has 4 nitrogen and oxygen atoms in total. The van der Waals surface area contributed by atoms with E-state index < -0.39 is 0 Å². The minimum atomic E-state index is 0.622. The van der Waals surface area contributed by atoms with Crippen molar-refractivity contribution in [2.24, 2.45) is 0 Å². The molecule has 19 heavy (non-hydrogen) atoms. The third kappa shape index (κ3) is 2.88. The van der Waals surface area contributed by atoms with Crippen LogP contribution >= 0.6 is 0 Å². The number of hydrogen-bond acceptors (Lipinski definition) is 3. The van der Waals surface area contributed by atoms with Gasteiger partial charge >= 0.3 is 0 Å². The highest BCUT2D eigenvalue weighted by atomic mass is 15.4. The molecule has 0 amide bonds.